The van der Waals surface area contributed by atoms with Gasteiger partial charge in [0.1, 0.15) is 11.6 Å². The van der Waals surface area contributed by atoms with E-state index in [1.165, 1.54) is 50.6 Å². The molecule has 4 heteroatoms. The molecule has 0 aromatic heterocycles. The molecule has 6 aromatic carbocycles. The number of hydrogen-bond donors (Lipinski definition) is 1. The van der Waals surface area contributed by atoms with Gasteiger partial charge >= 0.3 is 5.97 Å². The first kappa shape index (κ1) is 44.0. The SMILES string of the molecule is CCCC1(CCC)c2ccccc2-c2c1c1c(c3c2C(CCC)(CCC)c2cc(N(c4ccccc4)c4ccc(/C=C(/C#N)C(=O)O)cc4)ccc2-3)C(CCC)(CCC)c2ccccc2-1. The highest BCUT2D eigenvalue weighted by molar-refractivity contribution is 6.05. The van der Waals surface area contributed by atoms with E-state index in [4.69, 9.17) is 0 Å². The van der Waals surface area contributed by atoms with Gasteiger partial charge in [0.2, 0.25) is 0 Å². The van der Waals surface area contributed by atoms with Gasteiger partial charge in [-0.1, -0.05) is 165 Å². The van der Waals surface area contributed by atoms with Gasteiger partial charge in [-0.2, -0.15) is 5.26 Å². The molecule has 0 aliphatic heterocycles. The Morgan fingerprint density at radius 3 is 1.32 bits per heavy atom. The van der Waals surface area contributed by atoms with Gasteiger partial charge < -0.3 is 10.0 Å². The van der Waals surface area contributed by atoms with Crippen molar-refractivity contribution < 1.29 is 9.90 Å². The first-order valence-corrected chi connectivity index (χ1v) is 24.6. The number of anilines is 3. The molecule has 0 spiro atoms. The van der Waals surface area contributed by atoms with Gasteiger partial charge in [-0.15, -0.1) is 0 Å². The quantitative estimate of drug-likeness (QED) is 0.0733. The van der Waals surface area contributed by atoms with Crippen molar-refractivity contribution >= 4 is 29.1 Å². The number of fused-ring (bicyclic) bond motifs is 12. The third kappa shape index (κ3) is 6.63. The van der Waals surface area contributed by atoms with Gasteiger partial charge in [-0.25, -0.2) is 4.79 Å². The Kier molecular flexibility index (Phi) is 12.0. The fourth-order valence-corrected chi connectivity index (χ4v) is 13.5. The van der Waals surface area contributed by atoms with Crippen molar-refractivity contribution in [3.8, 4) is 39.4 Å². The van der Waals surface area contributed by atoms with Crippen molar-refractivity contribution in [2.24, 2.45) is 0 Å². The summed E-state index contributed by atoms with van der Waals surface area (Å²) >= 11 is 0. The molecule has 0 amide bonds. The highest BCUT2D eigenvalue weighted by Crippen LogP contribution is 2.71. The summed E-state index contributed by atoms with van der Waals surface area (Å²) in [5, 5.41) is 19.1. The van der Waals surface area contributed by atoms with Gasteiger partial charge in [0.25, 0.3) is 0 Å². The fraction of sp³-hybridized carbons (Fsp3) is 0.344. The first-order valence-electron chi connectivity index (χ1n) is 24.6. The fourth-order valence-electron chi connectivity index (χ4n) is 13.5. The molecule has 6 aromatic rings. The second-order valence-corrected chi connectivity index (χ2v) is 19.1. The van der Waals surface area contributed by atoms with Crippen LogP contribution in [0.5, 0.6) is 0 Å². The number of aliphatic carboxylic acids is 1. The molecule has 0 atom stereocenters. The summed E-state index contributed by atoms with van der Waals surface area (Å²) in [5.41, 5.74) is 21.4. The predicted molar refractivity (Wildman–Crippen MR) is 270 cm³/mol. The lowest BCUT2D eigenvalue weighted by atomic mass is 9.64. The Morgan fingerprint density at radius 1 is 0.508 bits per heavy atom. The van der Waals surface area contributed by atoms with Crippen molar-refractivity contribution in [3.05, 3.63) is 166 Å². The standard InChI is InChI=1S/C61H64N2O2/c1-7-32-59(33-8-2)50-25-19-17-23-47(50)53-55(59)52-46-22-16-18-24-49(46)60(34-9-3,35-10-4)56(52)54-48-31-30-45(39-51(48)61(36-11-5,37-12-6)57(53)54)63(43-20-14-13-15-21-43)44-28-26-41(27-29-44)38-42(40-62)58(64)65/h13-31,38-39H,7-12,32-37H2,1-6H3,(H,64,65)/b42-38-. The summed E-state index contributed by atoms with van der Waals surface area (Å²) in [6, 6.07) is 46.8. The molecule has 3 aliphatic carbocycles. The van der Waals surface area contributed by atoms with E-state index in [1.54, 1.807) is 22.3 Å². The minimum atomic E-state index is -1.23. The molecule has 330 valence electrons. The minimum absolute atomic E-state index is 0.0792. The molecule has 3 aliphatic rings. The van der Waals surface area contributed by atoms with Crippen LogP contribution in [0.15, 0.2) is 127 Å². The van der Waals surface area contributed by atoms with E-state index in [-0.39, 0.29) is 21.8 Å². The molecule has 0 fully saturated rings. The van der Waals surface area contributed by atoms with E-state index < -0.39 is 5.97 Å². The van der Waals surface area contributed by atoms with Crippen LogP contribution < -0.4 is 4.90 Å². The van der Waals surface area contributed by atoms with Gasteiger partial charge in [-0.3, -0.25) is 0 Å². The smallest absolute Gasteiger partial charge is 0.346 e. The number of rotatable bonds is 17. The van der Waals surface area contributed by atoms with Crippen molar-refractivity contribution in [3.63, 3.8) is 0 Å². The van der Waals surface area contributed by atoms with Gasteiger partial charge in [0, 0.05) is 33.3 Å². The highest BCUT2D eigenvalue weighted by Gasteiger charge is 2.57. The average Bonchev–Trinajstić information content (AvgIpc) is 3.86. The third-order valence-corrected chi connectivity index (χ3v) is 15.3. The molecule has 0 heterocycles. The molecule has 0 saturated carbocycles. The highest BCUT2D eigenvalue weighted by atomic mass is 16.4. The number of nitrogens with zero attached hydrogens (tertiary/aromatic N) is 2. The van der Waals surface area contributed by atoms with Crippen LogP contribution in [0.3, 0.4) is 0 Å². The van der Waals surface area contributed by atoms with Crippen LogP contribution in [0.25, 0.3) is 39.5 Å². The van der Waals surface area contributed by atoms with Gasteiger partial charge in [0.05, 0.1) is 0 Å². The van der Waals surface area contributed by atoms with Crippen LogP contribution in [0.4, 0.5) is 17.1 Å². The molecule has 0 radical (unpaired) electrons. The molecule has 9 rings (SSSR count). The molecule has 0 saturated heterocycles. The number of carboxylic acid groups (broad SMARTS) is 1. The van der Waals surface area contributed by atoms with Crippen molar-refractivity contribution in [1.82, 2.24) is 0 Å². The lowest BCUT2D eigenvalue weighted by molar-refractivity contribution is -0.132. The zero-order chi connectivity index (χ0) is 45.5. The molecular formula is C61H64N2O2. The number of benzene rings is 6. The number of carboxylic acids is 1. The Morgan fingerprint density at radius 2 is 0.892 bits per heavy atom. The van der Waals surface area contributed by atoms with Crippen molar-refractivity contribution in [2.75, 3.05) is 4.90 Å². The van der Waals surface area contributed by atoms with Crippen LogP contribution in [-0.4, -0.2) is 11.1 Å². The maximum Gasteiger partial charge on any atom is 0.346 e. The van der Waals surface area contributed by atoms with Crippen molar-refractivity contribution in [1.29, 1.82) is 5.26 Å². The molecular weight excluding hydrogens is 793 g/mol. The van der Waals surface area contributed by atoms with Crippen LogP contribution in [0.2, 0.25) is 0 Å². The zero-order valence-corrected chi connectivity index (χ0v) is 39.4. The number of carbonyl (C=O) groups is 1. The zero-order valence-electron chi connectivity index (χ0n) is 39.4. The second kappa shape index (κ2) is 17.7. The molecule has 65 heavy (non-hydrogen) atoms. The topological polar surface area (TPSA) is 64.3 Å². The Balaban J connectivity index is 1.41. The van der Waals surface area contributed by atoms with E-state index >= 15 is 0 Å². The Labute approximate surface area is 387 Å². The molecule has 0 bridgehead atoms. The van der Waals surface area contributed by atoms with Gasteiger partial charge in [-0.05, 0) is 153 Å². The Bertz CT molecular complexity index is 2820. The normalized spacial score (nSPS) is 15.3. The lowest BCUT2D eigenvalue weighted by Gasteiger charge is -2.39. The minimum Gasteiger partial charge on any atom is -0.477 e. The van der Waals surface area contributed by atoms with E-state index in [9.17, 15) is 15.2 Å². The monoisotopic (exact) mass is 856 g/mol. The molecule has 4 nitrogen and oxygen atoms in total. The Hall–Kier alpha value is -6.18. The summed E-state index contributed by atoms with van der Waals surface area (Å²) < 4.78 is 0. The van der Waals surface area contributed by atoms with Crippen LogP contribution in [-0.2, 0) is 21.0 Å². The summed E-state index contributed by atoms with van der Waals surface area (Å²) in [6.45, 7) is 14.4. The predicted octanol–water partition coefficient (Wildman–Crippen LogP) is 16.7. The summed E-state index contributed by atoms with van der Waals surface area (Å²) in [4.78, 5) is 14.1. The lowest BCUT2D eigenvalue weighted by Crippen LogP contribution is -2.30. The van der Waals surface area contributed by atoms with E-state index in [0.717, 1.165) is 94.1 Å². The van der Waals surface area contributed by atoms with Crippen molar-refractivity contribution in [2.45, 2.75) is 135 Å². The van der Waals surface area contributed by atoms with Crippen LogP contribution >= 0.6 is 0 Å². The molecule has 1 N–H and O–H groups in total. The van der Waals surface area contributed by atoms with E-state index in [1.807, 2.05) is 30.3 Å². The third-order valence-electron chi connectivity index (χ3n) is 15.3. The largest absolute Gasteiger partial charge is 0.477 e. The molecule has 0 unspecified atom stereocenters. The maximum atomic E-state index is 11.7. The van der Waals surface area contributed by atoms with E-state index in [0.29, 0.717) is 5.56 Å². The van der Waals surface area contributed by atoms with Crippen LogP contribution in [0.1, 0.15) is 158 Å². The summed E-state index contributed by atoms with van der Waals surface area (Å²) in [7, 11) is 0. The van der Waals surface area contributed by atoms with E-state index in [2.05, 4.69) is 144 Å². The number of para-hydroxylation sites is 1. The summed E-state index contributed by atoms with van der Waals surface area (Å²) in [5.74, 6) is -1.23. The maximum absolute atomic E-state index is 11.7. The average molecular weight is 857 g/mol. The number of nitriles is 1. The first-order chi connectivity index (χ1) is 31.7. The number of hydrogen-bond acceptors (Lipinski definition) is 3. The van der Waals surface area contributed by atoms with Crippen LogP contribution in [0, 0.1) is 11.3 Å². The van der Waals surface area contributed by atoms with Gasteiger partial charge in [0.15, 0.2) is 0 Å². The summed E-state index contributed by atoms with van der Waals surface area (Å²) in [6.07, 6.45) is 14.7. The second-order valence-electron chi connectivity index (χ2n) is 19.1.